The average molecular weight is 487 g/mol. The Labute approximate surface area is 179 Å². The molecule has 0 unspecified atom stereocenters. The van der Waals surface area contributed by atoms with Gasteiger partial charge in [0.05, 0.1) is 31.6 Å². The zero-order chi connectivity index (χ0) is 23.5. The fourth-order valence-electron chi connectivity index (χ4n) is 3.60. The molecule has 14 heteroatoms. The van der Waals surface area contributed by atoms with E-state index in [1.165, 1.54) is 12.8 Å². The second-order valence-corrected chi connectivity index (χ2v) is 9.63. The van der Waals surface area contributed by atoms with E-state index >= 15 is 0 Å². The Hall–Kier alpha value is -2.43. The minimum absolute atomic E-state index is 0.267. The van der Waals surface area contributed by atoms with Gasteiger partial charge < -0.3 is 0 Å². The summed E-state index contributed by atoms with van der Waals surface area (Å²) < 4.78 is 61.4. The van der Waals surface area contributed by atoms with Gasteiger partial charge in [-0.15, -0.1) is 5.10 Å². The van der Waals surface area contributed by atoms with Gasteiger partial charge in [-0.2, -0.15) is 0 Å². The zero-order valence-electron chi connectivity index (χ0n) is 17.1. The molecule has 1 aromatic heterocycles. The molecule has 0 atom stereocenters. The number of piperidine rings is 2. The maximum absolute atomic E-state index is 12.7. The topological polar surface area (TPSA) is 63.3 Å². The molecule has 2 fully saturated rings. The molecule has 32 heavy (non-hydrogen) atoms. The van der Waals surface area contributed by atoms with Crippen LogP contribution >= 0.6 is 7.81 Å². The molecule has 0 saturated carbocycles. The number of hydrogen-bond acceptors (Lipinski definition) is 4. The van der Waals surface area contributed by atoms with E-state index in [9.17, 15) is 30.0 Å². The molecule has 4 rings (SSSR count). The Morgan fingerprint density at radius 1 is 0.906 bits per heavy atom. The first-order valence-corrected chi connectivity index (χ1v) is 12.3. The third-order valence-electron chi connectivity index (χ3n) is 4.96. The predicted molar refractivity (Wildman–Crippen MR) is 108 cm³/mol. The maximum Gasteiger partial charge on any atom is 0.472 e. The summed E-state index contributed by atoms with van der Waals surface area (Å²) in [5, 5.41) is 8.64. The van der Waals surface area contributed by atoms with Gasteiger partial charge in [-0.1, -0.05) is 12.1 Å². The first kappa shape index (κ1) is 24.2. The van der Waals surface area contributed by atoms with Crippen LogP contribution in [0.25, 0.3) is 10.9 Å². The number of hydrogen-bond donors (Lipinski definition) is 0. The summed E-state index contributed by atoms with van der Waals surface area (Å²) in [5.41, 5.74) is 0.321. The fourth-order valence-corrected chi connectivity index (χ4v) is 3.60. The molecule has 1 aromatic carbocycles. The monoisotopic (exact) mass is 487 g/mol. The van der Waals surface area contributed by atoms with Gasteiger partial charge in [0.25, 0.3) is 0 Å². The largest absolute Gasteiger partial charge is 0.472 e. The van der Waals surface area contributed by atoms with Crippen LogP contribution in [0.15, 0.2) is 29.1 Å². The average Bonchev–Trinajstić information content (AvgIpc) is 2.73. The molecule has 0 radical (unpaired) electrons. The van der Waals surface area contributed by atoms with Crippen LogP contribution < -0.4 is 10.4 Å². The number of aromatic nitrogens is 3. The van der Waals surface area contributed by atoms with Gasteiger partial charge >= 0.3 is 44.6 Å². The number of likely N-dealkylation sites (tertiary alicyclic amines) is 1. The summed E-state index contributed by atoms with van der Waals surface area (Å²) in [5.74, 6) is 0. The Balaban J connectivity index is 0.000000360. The van der Waals surface area contributed by atoms with Crippen molar-refractivity contribution in [3.8, 4) is 0 Å². The van der Waals surface area contributed by atoms with Crippen molar-refractivity contribution in [2.45, 2.75) is 38.5 Å². The van der Waals surface area contributed by atoms with Crippen molar-refractivity contribution >= 4 is 24.7 Å². The van der Waals surface area contributed by atoms with Crippen molar-refractivity contribution in [3.05, 3.63) is 34.6 Å². The molecule has 0 N–H and O–H groups in total. The van der Waals surface area contributed by atoms with Crippen LogP contribution in [0.1, 0.15) is 38.5 Å². The summed E-state index contributed by atoms with van der Waals surface area (Å²) in [6.45, 7) is 3.84. The van der Waals surface area contributed by atoms with E-state index < -0.39 is 7.81 Å². The van der Waals surface area contributed by atoms with Crippen molar-refractivity contribution < 1.29 is 34.6 Å². The second-order valence-electron chi connectivity index (χ2n) is 7.71. The number of halogens is 6. The minimum atomic E-state index is -10.7. The molecule has 2 saturated heterocycles. The number of benzene rings is 1. The van der Waals surface area contributed by atoms with Crippen LogP contribution in [0.4, 0.5) is 25.2 Å². The van der Waals surface area contributed by atoms with Gasteiger partial charge in [0.1, 0.15) is 5.52 Å². The minimum Gasteiger partial charge on any atom is -0.275 e. The quantitative estimate of drug-likeness (QED) is 0.254. The molecular formula is C18H24F6N5O2P. The molecule has 3 heterocycles. The van der Waals surface area contributed by atoms with E-state index in [2.05, 4.69) is 19.8 Å². The first-order valence-electron chi connectivity index (χ1n) is 10.2. The zero-order valence-corrected chi connectivity index (χ0v) is 18.0. The van der Waals surface area contributed by atoms with Crippen LogP contribution in [0.5, 0.6) is 0 Å². The standard InChI is InChI=1S/C18H24N5O2.F6P/c24-17-15-9-3-4-10-16(15)19-20-23(17)25-18(21-11-5-1-6-12-21)22-13-7-2-8-14-22;1-7(2,3,4,5)6/h3-4,9-10H,1-2,5-8,11-14H2;/q+1;-1. The third-order valence-corrected chi connectivity index (χ3v) is 4.96. The Morgan fingerprint density at radius 2 is 1.47 bits per heavy atom. The van der Waals surface area contributed by atoms with Crippen molar-refractivity contribution in [2.75, 3.05) is 26.2 Å². The Morgan fingerprint density at radius 3 is 2.09 bits per heavy atom. The summed E-state index contributed by atoms with van der Waals surface area (Å²) in [7, 11) is -10.7. The Kier molecular flexibility index (Phi) is 6.43. The second kappa shape index (κ2) is 8.49. The van der Waals surface area contributed by atoms with Crippen LogP contribution in [0, 0.1) is 0 Å². The molecule has 2 aliphatic heterocycles. The van der Waals surface area contributed by atoms with E-state index in [1.54, 1.807) is 12.1 Å². The van der Waals surface area contributed by atoms with Crippen LogP contribution in [0.3, 0.4) is 0 Å². The number of nitrogens with zero attached hydrogens (tertiary/aromatic N) is 5. The predicted octanol–water partition coefficient (Wildman–Crippen LogP) is 4.64. The van der Waals surface area contributed by atoms with Gasteiger partial charge in [0.2, 0.25) is 0 Å². The third kappa shape index (κ3) is 7.92. The molecule has 0 aliphatic carbocycles. The first-order chi connectivity index (χ1) is 14.8. The normalized spacial score (nSPS) is 19.4. The summed E-state index contributed by atoms with van der Waals surface area (Å²) in [4.78, 5) is 22.0. The molecule has 2 aromatic rings. The van der Waals surface area contributed by atoms with Gasteiger partial charge in [-0.25, -0.2) is 9.48 Å². The summed E-state index contributed by atoms with van der Waals surface area (Å²) in [6.07, 6.45) is 7.11. The van der Waals surface area contributed by atoms with Gasteiger partial charge in [-0.05, 0) is 60.7 Å². The van der Waals surface area contributed by atoms with Crippen molar-refractivity contribution in [3.63, 3.8) is 0 Å². The SMILES string of the molecule is F[P-](F)(F)(F)(F)F.O=c1c2ccccc2nnn1OC(N1CCCCC1)=[N+]1CCCCC1. The molecule has 180 valence electrons. The van der Waals surface area contributed by atoms with Crippen LogP contribution in [0.2, 0.25) is 0 Å². The maximum atomic E-state index is 12.7. The van der Waals surface area contributed by atoms with Crippen LogP contribution in [-0.2, 0) is 0 Å². The van der Waals surface area contributed by atoms with Gasteiger partial charge in [0, 0.05) is 0 Å². The van der Waals surface area contributed by atoms with E-state index in [0.29, 0.717) is 10.9 Å². The molecule has 0 spiro atoms. The van der Waals surface area contributed by atoms with Crippen LogP contribution in [-0.4, -0.2) is 56.8 Å². The fraction of sp³-hybridized carbons (Fsp3) is 0.556. The molecule has 0 amide bonds. The molecule has 7 nitrogen and oxygen atoms in total. The van der Waals surface area contributed by atoms with Gasteiger partial charge in [-0.3, -0.25) is 9.63 Å². The van der Waals surface area contributed by atoms with Gasteiger partial charge in [0.15, 0.2) is 0 Å². The van der Waals surface area contributed by atoms with Crippen molar-refractivity contribution in [1.82, 2.24) is 20.1 Å². The molecular weight excluding hydrogens is 463 g/mol. The summed E-state index contributed by atoms with van der Waals surface area (Å²) >= 11 is 0. The van der Waals surface area contributed by atoms with E-state index in [-0.39, 0.29) is 5.56 Å². The molecule has 0 bridgehead atoms. The van der Waals surface area contributed by atoms with E-state index in [1.807, 2.05) is 12.1 Å². The number of amidine groups is 1. The smallest absolute Gasteiger partial charge is 0.275 e. The van der Waals surface area contributed by atoms with Crippen molar-refractivity contribution in [1.29, 1.82) is 0 Å². The number of fused-ring (bicyclic) bond motifs is 1. The summed E-state index contributed by atoms with van der Waals surface area (Å²) in [6, 6.07) is 7.98. The van der Waals surface area contributed by atoms with Crippen molar-refractivity contribution in [2.24, 2.45) is 0 Å². The molecule has 2 aliphatic rings. The number of rotatable bonds is 1. The Bertz CT molecular complexity index is 1030. The van der Waals surface area contributed by atoms with E-state index in [0.717, 1.165) is 62.7 Å². The van der Waals surface area contributed by atoms with E-state index in [4.69, 9.17) is 4.84 Å².